The van der Waals surface area contributed by atoms with Gasteiger partial charge in [-0.3, -0.25) is 0 Å². The summed E-state index contributed by atoms with van der Waals surface area (Å²) in [6.45, 7) is 0. The molecule has 0 N–H and O–H groups in total. The first-order chi connectivity index (χ1) is 6.22. The molecule has 0 fully saturated rings. The first-order valence-corrected chi connectivity index (χ1v) is 6.44. The lowest BCUT2D eigenvalue weighted by atomic mass is 10.2. The first kappa shape index (κ1) is 9.84. The molecule has 0 aliphatic carbocycles. The molecule has 0 amide bonds. The van der Waals surface area contributed by atoms with Gasteiger partial charge in [0, 0.05) is 15.1 Å². The molecule has 1 aromatic carbocycles. The molecule has 2 aromatic rings. The van der Waals surface area contributed by atoms with Gasteiger partial charge >= 0.3 is 0 Å². The largest absolute Gasteiger partial charge is 0.132 e. The Morgan fingerprint density at radius 2 is 2.23 bits per heavy atom. The lowest BCUT2D eigenvalue weighted by Crippen LogP contribution is -1.73. The number of fused-ring (bicyclic) bond motifs is 1. The van der Waals surface area contributed by atoms with Gasteiger partial charge < -0.3 is 0 Å². The summed E-state index contributed by atoms with van der Waals surface area (Å²) in [5.41, 5.74) is 1.25. The number of hydrogen-bond donors (Lipinski definition) is 1. The second-order valence-electron chi connectivity index (χ2n) is 2.66. The molecular formula is C9H6BrClS2. The zero-order chi connectivity index (χ0) is 9.42. The summed E-state index contributed by atoms with van der Waals surface area (Å²) in [7, 11) is 0. The fourth-order valence-corrected chi connectivity index (χ4v) is 3.96. The molecule has 0 spiro atoms. The Kier molecular flexibility index (Phi) is 2.88. The highest BCUT2D eigenvalue weighted by Crippen LogP contribution is 2.36. The third-order valence-corrected chi connectivity index (χ3v) is 4.20. The van der Waals surface area contributed by atoms with E-state index in [4.69, 9.17) is 11.6 Å². The highest BCUT2D eigenvalue weighted by Gasteiger charge is 2.07. The van der Waals surface area contributed by atoms with Crippen LogP contribution in [-0.2, 0) is 5.33 Å². The first-order valence-electron chi connectivity index (χ1n) is 3.68. The predicted molar refractivity (Wildman–Crippen MR) is 66.7 cm³/mol. The predicted octanol–water partition coefficient (Wildman–Crippen LogP) is 4.74. The fourth-order valence-electron chi connectivity index (χ4n) is 1.24. The number of thiophene rings is 1. The molecule has 0 aliphatic rings. The molecule has 0 saturated carbocycles. The lowest BCUT2D eigenvalue weighted by Gasteiger charge is -1.94. The molecule has 68 valence electrons. The average molecular weight is 294 g/mol. The van der Waals surface area contributed by atoms with Gasteiger partial charge in [-0.1, -0.05) is 33.6 Å². The molecular weight excluding hydrogens is 288 g/mol. The smallest absolute Gasteiger partial charge is 0.0621 e. The van der Waals surface area contributed by atoms with Gasteiger partial charge in [0.15, 0.2) is 0 Å². The van der Waals surface area contributed by atoms with Crippen molar-refractivity contribution < 1.29 is 0 Å². The SMILES string of the molecule is Sc1sc2cc(Cl)ccc2c1CBr. The number of alkyl halides is 1. The molecule has 1 aromatic heterocycles. The summed E-state index contributed by atoms with van der Waals surface area (Å²) < 4.78 is 2.26. The Balaban J connectivity index is 2.79. The van der Waals surface area contributed by atoms with Crippen LogP contribution >= 0.6 is 51.5 Å². The van der Waals surface area contributed by atoms with Crippen LogP contribution in [0.1, 0.15) is 5.56 Å². The van der Waals surface area contributed by atoms with Crippen LogP contribution in [0.5, 0.6) is 0 Å². The minimum absolute atomic E-state index is 0.781. The molecule has 0 bridgehead atoms. The molecule has 13 heavy (non-hydrogen) atoms. The van der Waals surface area contributed by atoms with Crippen molar-refractivity contribution in [3.05, 3.63) is 28.8 Å². The van der Waals surface area contributed by atoms with E-state index in [2.05, 4.69) is 28.6 Å². The second-order valence-corrected chi connectivity index (χ2v) is 5.46. The molecule has 0 radical (unpaired) electrons. The van der Waals surface area contributed by atoms with Crippen LogP contribution in [0, 0.1) is 0 Å². The van der Waals surface area contributed by atoms with Gasteiger partial charge in [-0.25, -0.2) is 0 Å². The van der Waals surface area contributed by atoms with Crippen LogP contribution in [0.25, 0.3) is 10.1 Å². The number of hydrogen-bond acceptors (Lipinski definition) is 2. The minimum atomic E-state index is 0.781. The van der Waals surface area contributed by atoms with E-state index in [0.29, 0.717) is 0 Å². The van der Waals surface area contributed by atoms with E-state index in [0.717, 1.165) is 14.6 Å². The monoisotopic (exact) mass is 292 g/mol. The van der Waals surface area contributed by atoms with Gasteiger partial charge in [-0.2, -0.15) is 0 Å². The van der Waals surface area contributed by atoms with Crippen LogP contribution < -0.4 is 0 Å². The topological polar surface area (TPSA) is 0 Å². The highest BCUT2D eigenvalue weighted by molar-refractivity contribution is 9.08. The van der Waals surface area contributed by atoms with Crippen molar-refractivity contribution in [3.8, 4) is 0 Å². The van der Waals surface area contributed by atoms with Gasteiger partial charge in [0.1, 0.15) is 0 Å². The van der Waals surface area contributed by atoms with Crippen molar-refractivity contribution in [2.75, 3.05) is 0 Å². The van der Waals surface area contributed by atoms with Crippen LogP contribution in [0.15, 0.2) is 22.4 Å². The van der Waals surface area contributed by atoms with Gasteiger partial charge in [0.2, 0.25) is 0 Å². The average Bonchev–Trinajstić information content (AvgIpc) is 2.39. The number of benzene rings is 1. The van der Waals surface area contributed by atoms with Gasteiger partial charge in [-0.15, -0.1) is 24.0 Å². The summed E-state index contributed by atoms with van der Waals surface area (Å²) in [6.07, 6.45) is 0. The highest BCUT2D eigenvalue weighted by atomic mass is 79.9. The summed E-state index contributed by atoms with van der Waals surface area (Å²) in [5.74, 6) is 0. The van der Waals surface area contributed by atoms with E-state index in [-0.39, 0.29) is 0 Å². The Hall–Kier alpha value is 0.300. The van der Waals surface area contributed by atoms with Crippen LogP contribution in [0.2, 0.25) is 5.02 Å². The van der Waals surface area contributed by atoms with E-state index < -0.39 is 0 Å². The van der Waals surface area contributed by atoms with Gasteiger partial charge in [0.05, 0.1) is 4.21 Å². The summed E-state index contributed by atoms with van der Waals surface area (Å²) >= 11 is 15.4. The van der Waals surface area contributed by atoms with Crippen molar-refractivity contribution >= 4 is 61.6 Å². The Bertz CT molecular complexity index is 450. The Morgan fingerprint density at radius 3 is 2.92 bits per heavy atom. The van der Waals surface area contributed by atoms with Crippen molar-refractivity contribution in [3.63, 3.8) is 0 Å². The fraction of sp³-hybridized carbons (Fsp3) is 0.111. The van der Waals surface area contributed by atoms with E-state index in [1.807, 2.05) is 18.2 Å². The number of halogens is 2. The van der Waals surface area contributed by atoms with Crippen LogP contribution in [0.3, 0.4) is 0 Å². The second kappa shape index (κ2) is 3.81. The summed E-state index contributed by atoms with van der Waals surface area (Å²) in [5, 5.41) is 2.87. The van der Waals surface area contributed by atoms with E-state index in [1.165, 1.54) is 15.6 Å². The Labute approximate surface area is 99.4 Å². The summed E-state index contributed by atoms with van der Waals surface area (Å²) in [4.78, 5) is 0. The molecule has 4 heteroatoms. The van der Waals surface area contributed by atoms with Crippen molar-refractivity contribution in [2.45, 2.75) is 9.54 Å². The zero-order valence-electron chi connectivity index (χ0n) is 6.55. The standard InChI is InChI=1S/C9H6BrClS2/c10-4-7-6-2-1-5(11)3-8(6)13-9(7)12/h1-3,12H,4H2. The Morgan fingerprint density at radius 1 is 1.46 bits per heavy atom. The zero-order valence-corrected chi connectivity index (χ0v) is 10.6. The third kappa shape index (κ3) is 1.75. The van der Waals surface area contributed by atoms with Crippen LogP contribution in [0.4, 0.5) is 0 Å². The van der Waals surface area contributed by atoms with Crippen molar-refractivity contribution in [1.82, 2.24) is 0 Å². The van der Waals surface area contributed by atoms with E-state index >= 15 is 0 Å². The quantitative estimate of drug-likeness (QED) is 0.570. The molecule has 0 saturated heterocycles. The normalized spacial score (nSPS) is 11.0. The number of rotatable bonds is 1. The molecule has 2 rings (SSSR count). The molecule has 0 atom stereocenters. The summed E-state index contributed by atoms with van der Waals surface area (Å²) in [6, 6.07) is 5.94. The lowest BCUT2D eigenvalue weighted by molar-refractivity contribution is 1.43. The third-order valence-electron chi connectivity index (χ3n) is 1.87. The molecule has 1 heterocycles. The number of thiol groups is 1. The molecule has 0 unspecified atom stereocenters. The molecule has 0 aliphatic heterocycles. The van der Waals surface area contributed by atoms with Crippen LogP contribution in [-0.4, -0.2) is 0 Å². The van der Waals surface area contributed by atoms with Gasteiger partial charge in [-0.05, 0) is 23.1 Å². The maximum Gasteiger partial charge on any atom is 0.0621 e. The maximum absolute atomic E-state index is 5.89. The van der Waals surface area contributed by atoms with Crippen molar-refractivity contribution in [2.24, 2.45) is 0 Å². The van der Waals surface area contributed by atoms with E-state index in [1.54, 1.807) is 11.3 Å². The van der Waals surface area contributed by atoms with Gasteiger partial charge in [0.25, 0.3) is 0 Å². The maximum atomic E-state index is 5.89. The van der Waals surface area contributed by atoms with Crippen molar-refractivity contribution in [1.29, 1.82) is 0 Å². The molecule has 0 nitrogen and oxygen atoms in total. The minimum Gasteiger partial charge on any atom is -0.132 e. The van der Waals surface area contributed by atoms with E-state index in [9.17, 15) is 0 Å².